The summed E-state index contributed by atoms with van der Waals surface area (Å²) < 4.78 is 104. The summed E-state index contributed by atoms with van der Waals surface area (Å²) in [5.74, 6) is -4.23. The van der Waals surface area contributed by atoms with Gasteiger partial charge in [-0.15, -0.1) is 0 Å². The van der Waals surface area contributed by atoms with Crippen LogP contribution >= 0.6 is 0 Å². The number of halogens is 3. The number of aliphatic hydroxyl groups is 4. The molecule has 0 spiro atoms. The first kappa shape index (κ1) is 78.5. The van der Waals surface area contributed by atoms with Crippen LogP contribution < -0.4 is 0 Å². The number of ether oxygens (including phenoxy) is 15. The Balaban J connectivity index is 0.000000211. The minimum Gasteiger partial charge on any atom is -0.500 e. The van der Waals surface area contributed by atoms with E-state index >= 15 is 0 Å². The van der Waals surface area contributed by atoms with Gasteiger partial charge in [-0.3, -0.25) is 27.3 Å². The molecule has 6 heterocycles. The number of fused-ring (bicyclic) bond motifs is 4. The third kappa shape index (κ3) is 20.4. The van der Waals surface area contributed by atoms with Crippen LogP contribution in [0.3, 0.4) is 0 Å². The number of hydrogen-bond acceptors (Lipinski definition) is 27. The number of methoxy groups -OCH3 is 5. The van der Waals surface area contributed by atoms with Gasteiger partial charge < -0.3 is 91.5 Å². The highest BCUT2D eigenvalue weighted by atomic mass is 19.4. The van der Waals surface area contributed by atoms with E-state index in [1.807, 2.05) is 38.2 Å². The molecular weight excluding hydrogens is 1280 g/mol. The Kier molecular flexibility index (Phi) is 31.5. The highest BCUT2D eigenvalue weighted by Gasteiger charge is 2.50. The summed E-state index contributed by atoms with van der Waals surface area (Å²) in [7, 11) is 2.98. The fraction of sp³-hybridized carbons (Fsp3) is 0.569. The fourth-order valence-electron chi connectivity index (χ4n) is 12.6. The van der Waals surface area contributed by atoms with Crippen molar-refractivity contribution in [3.63, 3.8) is 0 Å². The van der Waals surface area contributed by atoms with E-state index in [1.54, 1.807) is 0 Å². The summed E-state index contributed by atoms with van der Waals surface area (Å²) in [6, 6.07) is 0. The standard InChI is InChI=1S/C15H18O7.C13H16O5.2C11H14O5.C11H12O4.C4H10O.BF3/c1-8(16)20-6-10-4-5-11-12(14(18)19-3)7-21-15(13(10)11)22-9(2)17;1-8(14)18-5-9-3-4-10-11(9)6-17-7-12(10)13(15)16-2;2*1-15-10(13)8-5-16-11(14)9-6(4-12)2-3-7(8)9;1-13-10(12)8-5-15-11-9-6(4-14-11)2-3-7(8)9;1-3-5-4-2;2-1(3)4/h4,7,11,13,15H,5-6H2,1-3H3;3,7,10-11H,4-6H2,1-2H3;2*2,5,7,9,11-12,14H,3-4H2,1H3;2,5,7,9,11H,3-4H2,1H3;3-4H2,1-2H3;/t11-,13-,15+;10-,11+;3*7-,9-,11-;;/m10111../s1. The number of allylic oxidation sites excluding steroid dienone is 5. The van der Waals surface area contributed by atoms with Crippen molar-refractivity contribution < 1.29 is 143 Å². The van der Waals surface area contributed by atoms with E-state index < -0.39 is 56.3 Å². The summed E-state index contributed by atoms with van der Waals surface area (Å²) in [5, 5.41) is 37.6. The average molecular weight is 1370 g/mol. The lowest BCUT2D eigenvalue weighted by Crippen LogP contribution is -2.38. The lowest BCUT2D eigenvalue weighted by Gasteiger charge is -2.34. The number of carbonyl (C=O) groups is 8. The Morgan fingerprint density at radius 3 is 1.27 bits per heavy atom. The van der Waals surface area contributed by atoms with E-state index in [0.29, 0.717) is 71.5 Å². The van der Waals surface area contributed by atoms with Crippen molar-refractivity contribution >= 4 is 55.3 Å². The second-order valence-electron chi connectivity index (χ2n) is 22.4. The van der Waals surface area contributed by atoms with E-state index in [1.165, 1.54) is 93.2 Å². The van der Waals surface area contributed by atoms with E-state index in [2.05, 4.69) is 15.5 Å². The molecule has 0 bridgehead atoms. The summed E-state index contributed by atoms with van der Waals surface area (Å²) in [6.07, 6.45) is 16.9. The first-order valence-corrected chi connectivity index (χ1v) is 30.6. The summed E-state index contributed by atoms with van der Waals surface area (Å²) in [4.78, 5) is 90.9. The number of hydrogen-bond donors (Lipinski definition) is 4. The summed E-state index contributed by atoms with van der Waals surface area (Å²) in [5.41, 5.74) is 6.88. The Morgan fingerprint density at radius 2 is 0.854 bits per heavy atom. The quantitative estimate of drug-likeness (QED) is 0.0761. The van der Waals surface area contributed by atoms with Crippen LogP contribution in [0.25, 0.3) is 0 Å². The highest BCUT2D eigenvalue weighted by molar-refractivity contribution is 6.33. The zero-order chi connectivity index (χ0) is 70.9. The third-order valence-corrected chi connectivity index (χ3v) is 17.0. The zero-order valence-electron chi connectivity index (χ0n) is 54.9. The van der Waals surface area contributed by atoms with Gasteiger partial charge in [-0.1, -0.05) is 30.4 Å². The zero-order valence-corrected chi connectivity index (χ0v) is 54.9. The monoisotopic (exact) mass is 1360 g/mol. The molecule has 530 valence electrons. The molecule has 5 aliphatic carbocycles. The SMILES string of the molecule is CCOCC.COC(=O)C1=COC[C@@H]2C(COC(C)=O)=CC[C@H]12.COC(=O)C1=CO[C@@H](O)[C@@H]2C(CO)=CC[C@H]12.COC(=O)C1=CO[C@@H](O)[C@@H]2C(CO)=CC[C@H]12.COC(=O)C1=CO[C@@H](OC(C)=O)[C@@H]2C(COC(C)=O)=CC[C@H]12.COC(=O)C1=CO[C@H]2OCC3=CC[C@H]1[C@@H]32.FB(F)F. The van der Waals surface area contributed by atoms with Crippen molar-refractivity contribution in [1.82, 2.24) is 0 Å². The maximum atomic E-state index is 11.8. The molecule has 0 saturated carbocycles. The molecule has 6 aliphatic heterocycles. The van der Waals surface area contributed by atoms with E-state index in [9.17, 15) is 61.5 Å². The summed E-state index contributed by atoms with van der Waals surface area (Å²) >= 11 is 0. The molecule has 14 atom stereocenters. The Hall–Kier alpha value is -8.23. The van der Waals surface area contributed by atoms with Crippen LogP contribution in [0.2, 0.25) is 0 Å². The molecule has 1 fully saturated rings. The molecule has 0 aromatic carbocycles. The lowest BCUT2D eigenvalue weighted by molar-refractivity contribution is -0.180. The van der Waals surface area contributed by atoms with Gasteiger partial charge in [0.15, 0.2) is 0 Å². The Bertz CT molecular complexity index is 3010. The predicted molar refractivity (Wildman–Crippen MR) is 325 cm³/mol. The first-order valence-electron chi connectivity index (χ1n) is 30.6. The minimum absolute atomic E-state index is 0.0755. The van der Waals surface area contributed by atoms with Crippen LogP contribution in [0, 0.1) is 59.2 Å². The van der Waals surface area contributed by atoms with Crippen LogP contribution in [-0.2, 0) is 109 Å². The smallest absolute Gasteiger partial charge is 0.500 e. The number of carbonyl (C=O) groups excluding carboxylic acids is 8. The molecule has 0 radical (unpaired) electrons. The average Bonchev–Trinajstić information content (AvgIpc) is 1.62. The van der Waals surface area contributed by atoms with E-state index in [-0.39, 0.29) is 110 Å². The van der Waals surface area contributed by atoms with Crippen molar-refractivity contribution in [1.29, 1.82) is 0 Å². The molecule has 4 N–H and O–H groups in total. The molecule has 0 aromatic heterocycles. The van der Waals surface area contributed by atoms with Crippen LogP contribution in [0.15, 0.2) is 117 Å². The number of rotatable bonds is 14. The number of esters is 8. The number of aliphatic hydroxyl groups excluding tert-OH is 4. The first-order chi connectivity index (χ1) is 45.9. The third-order valence-electron chi connectivity index (χ3n) is 17.0. The maximum Gasteiger partial charge on any atom is 0.762 e. The molecule has 11 aliphatic rings. The van der Waals surface area contributed by atoms with Gasteiger partial charge in [0.2, 0.25) is 18.9 Å². The maximum absolute atomic E-state index is 11.8. The Labute approximate surface area is 553 Å². The molecule has 11 rings (SSSR count). The summed E-state index contributed by atoms with van der Waals surface area (Å²) in [6.45, 7) is 10.9. The molecule has 96 heavy (non-hydrogen) atoms. The largest absolute Gasteiger partial charge is 0.762 e. The van der Waals surface area contributed by atoms with Gasteiger partial charge in [-0.25, -0.2) is 24.0 Å². The fourth-order valence-corrected chi connectivity index (χ4v) is 12.6. The van der Waals surface area contributed by atoms with Gasteiger partial charge in [-0.05, 0) is 73.8 Å². The topological polar surface area (TPSA) is 356 Å². The lowest BCUT2D eigenvalue weighted by atomic mass is 9.83. The van der Waals surface area contributed by atoms with Crippen LogP contribution in [0.5, 0.6) is 0 Å². The normalized spacial score (nSPS) is 27.9. The van der Waals surface area contributed by atoms with Crippen molar-refractivity contribution in [2.75, 3.05) is 88.4 Å². The van der Waals surface area contributed by atoms with Gasteiger partial charge in [0.1, 0.15) is 13.2 Å². The highest BCUT2D eigenvalue weighted by Crippen LogP contribution is 2.49. The van der Waals surface area contributed by atoms with E-state index in [0.717, 1.165) is 37.2 Å². The molecule has 31 heteroatoms. The van der Waals surface area contributed by atoms with Crippen molar-refractivity contribution in [3.8, 4) is 0 Å². The minimum atomic E-state index is -3.67. The second kappa shape index (κ2) is 38.5. The van der Waals surface area contributed by atoms with Gasteiger partial charge in [0, 0.05) is 69.5 Å². The van der Waals surface area contributed by atoms with Crippen molar-refractivity contribution in [3.05, 3.63) is 117 Å². The molecule has 0 amide bonds. The predicted octanol–water partition coefficient (Wildman–Crippen LogP) is 5.10. The van der Waals surface area contributed by atoms with Crippen molar-refractivity contribution in [2.24, 2.45) is 59.2 Å². The van der Waals surface area contributed by atoms with Gasteiger partial charge >= 0.3 is 55.3 Å². The van der Waals surface area contributed by atoms with Crippen LogP contribution in [0.4, 0.5) is 12.9 Å². The molecule has 1 saturated heterocycles. The van der Waals surface area contributed by atoms with Crippen LogP contribution in [0.1, 0.15) is 66.7 Å². The molecular formula is C65H84BF3O27. The molecule has 0 aromatic rings. The second-order valence-corrected chi connectivity index (χ2v) is 22.4. The Morgan fingerprint density at radius 1 is 0.479 bits per heavy atom. The van der Waals surface area contributed by atoms with Gasteiger partial charge in [0.05, 0.1) is 145 Å². The van der Waals surface area contributed by atoms with Crippen LogP contribution in [-0.4, -0.2) is 189 Å². The van der Waals surface area contributed by atoms with Gasteiger partial charge in [0.25, 0.3) is 6.29 Å². The van der Waals surface area contributed by atoms with Gasteiger partial charge in [-0.2, -0.15) is 0 Å². The molecule has 27 nitrogen and oxygen atoms in total. The van der Waals surface area contributed by atoms with E-state index in [4.69, 9.17) is 71.8 Å². The van der Waals surface area contributed by atoms with Crippen molar-refractivity contribution in [2.45, 2.75) is 91.9 Å². The molecule has 0 unspecified atom stereocenters.